The lowest BCUT2D eigenvalue weighted by atomic mass is 9.89. The van der Waals surface area contributed by atoms with E-state index in [0.29, 0.717) is 25.7 Å². The Kier molecular flexibility index (Phi) is 11.1. The predicted octanol–water partition coefficient (Wildman–Crippen LogP) is 6.37. The van der Waals surface area contributed by atoms with Gasteiger partial charge in [-0.2, -0.15) is 0 Å². The number of thiazole rings is 1. The van der Waals surface area contributed by atoms with Crippen LogP contribution in [0.25, 0.3) is 0 Å². The summed E-state index contributed by atoms with van der Waals surface area (Å²) >= 11 is 1.48. The Labute approximate surface area is 235 Å². The van der Waals surface area contributed by atoms with Gasteiger partial charge >= 0.3 is 12.1 Å². The minimum absolute atomic E-state index is 0.113. The number of hydrogen-bond acceptors (Lipinski definition) is 7. The number of nitrogens with one attached hydrogen (secondary N) is 1. The average Bonchev–Trinajstić information content (AvgIpc) is 3.37. The summed E-state index contributed by atoms with van der Waals surface area (Å²) in [6.07, 6.45) is 2.09. The Hall–Kier alpha value is -3.23. The van der Waals surface area contributed by atoms with E-state index in [9.17, 15) is 14.7 Å². The Bertz CT molecular complexity index is 1180. The molecule has 8 heteroatoms. The molecule has 2 aromatic carbocycles. The van der Waals surface area contributed by atoms with E-state index in [1.165, 1.54) is 18.3 Å². The van der Waals surface area contributed by atoms with Crippen molar-refractivity contribution in [3.05, 3.63) is 87.9 Å². The number of aliphatic hydroxyl groups excluding tert-OH is 1. The molecule has 1 unspecified atom stereocenters. The fourth-order valence-corrected chi connectivity index (χ4v) is 5.51. The molecule has 39 heavy (non-hydrogen) atoms. The third kappa shape index (κ3) is 10.1. The molecule has 0 saturated heterocycles. The largest absolute Gasteiger partial charge is 0.460 e. The maximum atomic E-state index is 12.9. The number of esters is 1. The van der Waals surface area contributed by atoms with Gasteiger partial charge in [0, 0.05) is 19.0 Å². The third-order valence-corrected chi connectivity index (χ3v) is 7.48. The molecule has 1 amide bonds. The summed E-state index contributed by atoms with van der Waals surface area (Å²) in [6, 6.07) is 19.3. The molecule has 7 nitrogen and oxygen atoms in total. The number of carbonyl (C=O) groups is 2. The molecule has 0 radical (unpaired) electrons. The minimum Gasteiger partial charge on any atom is -0.460 e. The van der Waals surface area contributed by atoms with Crippen molar-refractivity contribution >= 4 is 23.4 Å². The summed E-state index contributed by atoms with van der Waals surface area (Å²) in [5, 5.41) is 14.2. The van der Waals surface area contributed by atoms with Crippen molar-refractivity contribution in [3.63, 3.8) is 0 Å². The quantitative estimate of drug-likeness (QED) is 0.253. The van der Waals surface area contributed by atoms with E-state index in [0.717, 1.165) is 21.0 Å². The second kappa shape index (κ2) is 14.2. The first-order chi connectivity index (χ1) is 18.5. The highest BCUT2D eigenvalue weighted by atomic mass is 32.1. The highest BCUT2D eigenvalue weighted by Crippen LogP contribution is 2.34. The van der Waals surface area contributed by atoms with E-state index in [1.807, 2.05) is 76.2 Å². The smallest absolute Gasteiger partial charge is 0.408 e. The van der Waals surface area contributed by atoms with Gasteiger partial charge in [-0.1, -0.05) is 67.6 Å². The number of hydrogen-bond donors (Lipinski definition) is 2. The third-order valence-electron chi connectivity index (χ3n) is 6.21. The highest BCUT2D eigenvalue weighted by molar-refractivity contribution is 7.11. The van der Waals surface area contributed by atoms with Crippen LogP contribution in [-0.4, -0.2) is 39.9 Å². The molecule has 0 spiro atoms. The number of amides is 1. The lowest BCUT2D eigenvalue weighted by Crippen LogP contribution is -2.48. The van der Waals surface area contributed by atoms with Gasteiger partial charge in [0.15, 0.2) is 0 Å². The number of aromatic nitrogens is 1. The number of aliphatic hydroxyl groups is 1. The van der Waals surface area contributed by atoms with Gasteiger partial charge in [0.25, 0.3) is 0 Å². The Morgan fingerprint density at radius 3 is 2.13 bits per heavy atom. The molecule has 1 heterocycles. The maximum absolute atomic E-state index is 12.9. The molecule has 0 aliphatic rings. The van der Waals surface area contributed by atoms with Crippen LogP contribution in [0.3, 0.4) is 0 Å². The molecule has 3 rings (SSSR count). The zero-order valence-corrected chi connectivity index (χ0v) is 24.2. The van der Waals surface area contributed by atoms with Gasteiger partial charge in [0.2, 0.25) is 0 Å². The van der Waals surface area contributed by atoms with Gasteiger partial charge in [-0.05, 0) is 57.6 Å². The van der Waals surface area contributed by atoms with Crippen molar-refractivity contribution in [3.8, 4) is 0 Å². The molecule has 3 aromatic rings. The van der Waals surface area contributed by atoms with Crippen molar-refractivity contribution in [1.29, 1.82) is 0 Å². The van der Waals surface area contributed by atoms with Crippen LogP contribution in [0.5, 0.6) is 0 Å². The zero-order valence-electron chi connectivity index (χ0n) is 23.4. The second-order valence-corrected chi connectivity index (χ2v) is 11.8. The Balaban J connectivity index is 1.96. The number of nitrogens with zero attached hydrogens (tertiary/aromatic N) is 1. The predicted molar refractivity (Wildman–Crippen MR) is 154 cm³/mol. The maximum Gasteiger partial charge on any atom is 0.408 e. The van der Waals surface area contributed by atoms with Crippen LogP contribution in [0.15, 0.2) is 66.9 Å². The summed E-state index contributed by atoms with van der Waals surface area (Å²) in [4.78, 5) is 30.7. The van der Waals surface area contributed by atoms with Crippen LogP contribution in [0.2, 0.25) is 0 Å². The van der Waals surface area contributed by atoms with E-state index >= 15 is 0 Å². The summed E-state index contributed by atoms with van der Waals surface area (Å²) < 4.78 is 11.5. The molecule has 210 valence electrons. The minimum atomic E-state index is -0.675. The molecule has 2 N–H and O–H groups in total. The van der Waals surface area contributed by atoms with Crippen molar-refractivity contribution in [2.75, 3.05) is 0 Å². The molecule has 1 aromatic heterocycles. The van der Waals surface area contributed by atoms with Gasteiger partial charge in [0.1, 0.15) is 11.7 Å². The second-order valence-electron chi connectivity index (χ2n) is 10.7. The fraction of sp³-hybridized carbons (Fsp3) is 0.452. The van der Waals surface area contributed by atoms with Crippen LogP contribution in [0.1, 0.15) is 80.5 Å². The van der Waals surface area contributed by atoms with Crippen LogP contribution in [-0.2, 0) is 27.1 Å². The van der Waals surface area contributed by atoms with Crippen molar-refractivity contribution in [2.45, 2.75) is 90.1 Å². The monoisotopic (exact) mass is 552 g/mol. The van der Waals surface area contributed by atoms with Crippen LogP contribution in [0.4, 0.5) is 4.79 Å². The van der Waals surface area contributed by atoms with Crippen molar-refractivity contribution in [1.82, 2.24) is 10.3 Å². The van der Waals surface area contributed by atoms with Gasteiger partial charge < -0.3 is 19.9 Å². The molecule has 0 aliphatic heterocycles. The molecule has 0 saturated carbocycles. The highest BCUT2D eigenvalue weighted by Gasteiger charge is 2.32. The summed E-state index contributed by atoms with van der Waals surface area (Å²) in [5.41, 5.74) is 1.44. The SMILES string of the molecule is CC[C@@H](O)c1cnc(C(Cc2ccccc2)C[C@H](OC(C)=O)[C@H](Cc2ccccc2)NC(=O)OC(C)(C)C)s1. The van der Waals surface area contributed by atoms with E-state index in [-0.39, 0.29) is 5.92 Å². The number of alkyl carbamates (subject to hydrolysis) is 1. The van der Waals surface area contributed by atoms with Crippen LogP contribution < -0.4 is 5.32 Å². The summed E-state index contributed by atoms with van der Waals surface area (Å²) in [5.74, 6) is -0.540. The topological polar surface area (TPSA) is 97.8 Å². The Morgan fingerprint density at radius 1 is 1.00 bits per heavy atom. The average molecular weight is 553 g/mol. The van der Waals surface area contributed by atoms with Crippen molar-refractivity contribution in [2.24, 2.45) is 0 Å². The molecular weight excluding hydrogens is 512 g/mol. The van der Waals surface area contributed by atoms with Crippen LogP contribution >= 0.6 is 11.3 Å². The van der Waals surface area contributed by atoms with Gasteiger partial charge in [0.05, 0.1) is 22.0 Å². The number of carbonyl (C=O) groups excluding carboxylic acids is 2. The molecular formula is C31H40N2O5S. The first-order valence-corrected chi connectivity index (χ1v) is 14.2. The molecule has 0 aliphatic carbocycles. The lowest BCUT2D eigenvalue weighted by Gasteiger charge is -2.31. The zero-order chi connectivity index (χ0) is 28.4. The summed E-state index contributed by atoms with van der Waals surface area (Å²) in [7, 11) is 0. The summed E-state index contributed by atoms with van der Waals surface area (Å²) in [6.45, 7) is 8.74. The van der Waals surface area contributed by atoms with Crippen LogP contribution in [0, 0.1) is 0 Å². The van der Waals surface area contributed by atoms with E-state index in [2.05, 4.69) is 22.4 Å². The number of rotatable bonds is 12. The fourth-order valence-electron chi connectivity index (χ4n) is 4.41. The standard InChI is InChI=1S/C31H40N2O5S/c1-6-26(35)28-20-32-29(39-28)24(17-22-13-9-7-10-14-22)19-27(37-21(2)34)25(18-23-15-11-8-12-16-23)33-30(36)38-31(3,4)5/h7-16,20,24-27,35H,6,17-19H2,1-5H3,(H,33,36)/t24?,25-,26+,27-/m0/s1. The first kappa shape index (κ1) is 30.3. The molecule has 4 atom stereocenters. The lowest BCUT2D eigenvalue weighted by molar-refractivity contribution is -0.148. The van der Waals surface area contributed by atoms with Gasteiger partial charge in [-0.25, -0.2) is 9.78 Å². The normalized spacial score (nSPS) is 14.6. The number of benzene rings is 2. The first-order valence-electron chi connectivity index (χ1n) is 13.4. The van der Waals surface area contributed by atoms with E-state index in [4.69, 9.17) is 9.47 Å². The Morgan fingerprint density at radius 2 is 1.59 bits per heavy atom. The van der Waals surface area contributed by atoms with Gasteiger partial charge in [-0.15, -0.1) is 11.3 Å². The molecule has 0 bridgehead atoms. The van der Waals surface area contributed by atoms with Crippen molar-refractivity contribution < 1.29 is 24.2 Å². The molecule has 0 fully saturated rings. The number of ether oxygens (including phenoxy) is 2. The van der Waals surface area contributed by atoms with E-state index < -0.39 is 35.9 Å². The van der Waals surface area contributed by atoms with Gasteiger partial charge in [-0.3, -0.25) is 4.79 Å². The van der Waals surface area contributed by atoms with E-state index in [1.54, 1.807) is 6.20 Å².